The Hall–Kier alpha value is -1.02. The number of aryl methyl sites for hydroxylation is 1. The van der Waals surface area contributed by atoms with E-state index in [0.717, 1.165) is 28.2 Å². The quantitative estimate of drug-likeness (QED) is 0.603. The maximum atomic E-state index is 12.6. The number of nitrogens with zero attached hydrogens (tertiary/aromatic N) is 1. The van der Waals surface area contributed by atoms with Crippen molar-refractivity contribution in [3.8, 4) is 11.5 Å². The molecule has 0 aliphatic heterocycles. The van der Waals surface area contributed by atoms with Crippen LogP contribution >= 0.6 is 22.6 Å². The standard InChI is InChI=1S/C12H10F2INO2/c1-8-10(7-17-12(13,14)15)16-11(18-8)9-5-3-2-4-6-9/h2-6H,7H2,1H3. The second-order valence-electron chi connectivity index (χ2n) is 3.62. The van der Waals surface area contributed by atoms with Crippen molar-refractivity contribution in [2.45, 2.75) is 17.6 Å². The Kier molecular flexibility index (Phi) is 3.96. The predicted octanol–water partition coefficient (Wildman–Crippen LogP) is 4.15. The molecule has 0 bridgehead atoms. The molecule has 0 unspecified atom stereocenters. The Morgan fingerprint density at radius 3 is 2.61 bits per heavy atom. The van der Waals surface area contributed by atoms with Crippen LogP contribution in [0.1, 0.15) is 11.5 Å². The lowest BCUT2D eigenvalue weighted by atomic mass is 10.2. The van der Waals surface area contributed by atoms with Crippen LogP contribution in [0.25, 0.3) is 11.5 Å². The third kappa shape index (κ3) is 3.49. The number of hydrogen-bond donors (Lipinski definition) is 0. The number of aromatic nitrogens is 1. The zero-order valence-electron chi connectivity index (χ0n) is 9.49. The van der Waals surface area contributed by atoms with Crippen LogP contribution in [0.5, 0.6) is 0 Å². The molecule has 3 nitrogen and oxygen atoms in total. The van der Waals surface area contributed by atoms with E-state index in [0.29, 0.717) is 17.3 Å². The summed E-state index contributed by atoms with van der Waals surface area (Å²) in [6.07, 6.45) is 0. The molecule has 6 heteroatoms. The normalized spacial score (nSPS) is 11.8. The molecule has 0 saturated carbocycles. The highest BCUT2D eigenvalue weighted by Gasteiger charge is 2.25. The van der Waals surface area contributed by atoms with Gasteiger partial charge in [-0.3, -0.25) is 0 Å². The van der Waals surface area contributed by atoms with Crippen LogP contribution < -0.4 is 0 Å². The predicted molar refractivity (Wildman–Crippen MR) is 70.4 cm³/mol. The van der Waals surface area contributed by atoms with Crippen LogP contribution in [-0.4, -0.2) is 9.10 Å². The second-order valence-corrected chi connectivity index (χ2v) is 4.88. The smallest absolute Gasteiger partial charge is 0.408 e. The zero-order valence-corrected chi connectivity index (χ0v) is 11.6. The Labute approximate surface area is 116 Å². The maximum absolute atomic E-state index is 12.6. The van der Waals surface area contributed by atoms with E-state index in [4.69, 9.17) is 4.42 Å². The van der Waals surface area contributed by atoms with Gasteiger partial charge in [-0.25, -0.2) is 4.98 Å². The van der Waals surface area contributed by atoms with Crippen LogP contribution in [-0.2, 0) is 11.3 Å². The number of benzene rings is 1. The molecule has 0 fully saturated rings. The first-order chi connectivity index (χ1) is 8.46. The van der Waals surface area contributed by atoms with Crippen molar-refractivity contribution in [2.75, 3.05) is 0 Å². The number of oxazole rings is 1. The lowest BCUT2D eigenvalue weighted by molar-refractivity contribution is -0.154. The minimum absolute atomic E-state index is 0.280. The van der Waals surface area contributed by atoms with Gasteiger partial charge in [0.2, 0.25) is 5.89 Å². The highest BCUT2D eigenvalue weighted by molar-refractivity contribution is 14.1. The zero-order chi connectivity index (χ0) is 13.2. The highest BCUT2D eigenvalue weighted by Crippen LogP contribution is 2.27. The van der Waals surface area contributed by atoms with Crippen LogP contribution in [0.2, 0.25) is 0 Å². The number of ether oxygens (including phenoxy) is 1. The summed E-state index contributed by atoms with van der Waals surface area (Å²) in [6.45, 7) is 1.39. The Morgan fingerprint density at radius 1 is 1.33 bits per heavy atom. The fourth-order valence-electron chi connectivity index (χ4n) is 1.42. The van der Waals surface area contributed by atoms with E-state index in [1.165, 1.54) is 0 Å². The van der Waals surface area contributed by atoms with Gasteiger partial charge in [-0.2, -0.15) is 8.78 Å². The van der Waals surface area contributed by atoms with E-state index in [-0.39, 0.29) is 6.61 Å². The van der Waals surface area contributed by atoms with Crippen molar-refractivity contribution in [1.29, 1.82) is 0 Å². The molecular weight excluding hydrogens is 355 g/mol. The van der Waals surface area contributed by atoms with E-state index >= 15 is 0 Å². The fourth-order valence-corrected chi connectivity index (χ4v) is 1.57. The van der Waals surface area contributed by atoms with Crippen molar-refractivity contribution < 1.29 is 17.9 Å². The summed E-state index contributed by atoms with van der Waals surface area (Å²) in [6, 6.07) is 9.25. The number of rotatable bonds is 4. The van der Waals surface area contributed by atoms with Crippen LogP contribution in [0.4, 0.5) is 8.78 Å². The Balaban J connectivity index is 2.17. The second kappa shape index (κ2) is 5.31. The minimum atomic E-state index is -3.20. The molecule has 1 aromatic carbocycles. The minimum Gasteiger partial charge on any atom is -0.441 e. The molecule has 1 aromatic heterocycles. The van der Waals surface area contributed by atoms with Gasteiger partial charge in [0.05, 0.1) is 6.61 Å². The third-order valence-corrected chi connectivity index (χ3v) is 2.60. The van der Waals surface area contributed by atoms with E-state index in [1.807, 2.05) is 30.3 Å². The molecule has 1 heterocycles. The molecule has 0 aliphatic carbocycles. The fraction of sp³-hybridized carbons (Fsp3) is 0.250. The molecule has 0 amide bonds. The molecule has 2 rings (SSSR count). The monoisotopic (exact) mass is 365 g/mol. The molecule has 0 N–H and O–H groups in total. The average molecular weight is 365 g/mol. The number of halogens is 3. The van der Waals surface area contributed by atoms with Gasteiger partial charge in [-0.05, 0) is 19.1 Å². The van der Waals surface area contributed by atoms with Gasteiger partial charge in [0.25, 0.3) is 0 Å². The summed E-state index contributed by atoms with van der Waals surface area (Å²) in [5, 5.41) is 0. The van der Waals surface area contributed by atoms with Crippen molar-refractivity contribution in [3.63, 3.8) is 0 Å². The Morgan fingerprint density at radius 2 is 2.00 bits per heavy atom. The average Bonchev–Trinajstić information content (AvgIpc) is 2.68. The van der Waals surface area contributed by atoms with E-state index in [2.05, 4.69) is 9.72 Å². The van der Waals surface area contributed by atoms with E-state index in [1.54, 1.807) is 6.92 Å². The highest BCUT2D eigenvalue weighted by atomic mass is 127. The molecule has 2 aromatic rings. The summed E-state index contributed by atoms with van der Waals surface area (Å²) in [5.41, 5.74) is 1.18. The Bertz CT molecular complexity index is 523. The molecular formula is C12H10F2INO2. The van der Waals surface area contributed by atoms with Crippen molar-refractivity contribution in [1.82, 2.24) is 4.98 Å². The summed E-state index contributed by atoms with van der Waals surface area (Å²) in [5.74, 6) is 0.887. The van der Waals surface area contributed by atoms with E-state index in [9.17, 15) is 8.78 Å². The first-order valence-corrected chi connectivity index (χ1v) is 6.26. The number of alkyl halides is 3. The molecule has 0 atom stereocenters. The van der Waals surface area contributed by atoms with Crippen molar-refractivity contribution in [3.05, 3.63) is 41.8 Å². The van der Waals surface area contributed by atoms with Gasteiger partial charge in [0.15, 0.2) is 0 Å². The van der Waals surface area contributed by atoms with Gasteiger partial charge in [0.1, 0.15) is 11.5 Å². The van der Waals surface area contributed by atoms with Gasteiger partial charge < -0.3 is 9.15 Å². The summed E-state index contributed by atoms with van der Waals surface area (Å²) >= 11 is 0.920. The van der Waals surface area contributed by atoms with Crippen LogP contribution in [0.3, 0.4) is 0 Å². The summed E-state index contributed by atoms with van der Waals surface area (Å²) < 4.78 is 31.8. The first kappa shape index (κ1) is 13.4. The first-order valence-electron chi connectivity index (χ1n) is 5.18. The largest absolute Gasteiger partial charge is 0.441 e. The van der Waals surface area contributed by atoms with Gasteiger partial charge in [-0.1, -0.05) is 18.2 Å². The molecule has 18 heavy (non-hydrogen) atoms. The van der Waals surface area contributed by atoms with Gasteiger partial charge in [-0.15, -0.1) is 0 Å². The SMILES string of the molecule is Cc1oc(-c2ccccc2)nc1COC(F)(F)I. The van der Waals surface area contributed by atoms with Gasteiger partial charge >= 0.3 is 4.12 Å². The van der Waals surface area contributed by atoms with E-state index < -0.39 is 4.12 Å². The molecule has 0 aliphatic rings. The molecule has 0 spiro atoms. The molecule has 0 saturated heterocycles. The summed E-state index contributed by atoms with van der Waals surface area (Å²) in [7, 11) is 0. The summed E-state index contributed by atoms with van der Waals surface area (Å²) in [4.78, 5) is 4.15. The van der Waals surface area contributed by atoms with Crippen molar-refractivity contribution >= 4 is 22.6 Å². The van der Waals surface area contributed by atoms with Crippen LogP contribution in [0.15, 0.2) is 34.7 Å². The lowest BCUT2D eigenvalue weighted by Crippen LogP contribution is -2.11. The molecule has 0 radical (unpaired) electrons. The lowest BCUT2D eigenvalue weighted by Gasteiger charge is -2.07. The van der Waals surface area contributed by atoms with Crippen LogP contribution in [0, 0.1) is 6.92 Å². The maximum Gasteiger partial charge on any atom is 0.408 e. The molecule has 96 valence electrons. The van der Waals surface area contributed by atoms with Crippen molar-refractivity contribution in [2.24, 2.45) is 0 Å². The number of hydrogen-bond acceptors (Lipinski definition) is 3. The topological polar surface area (TPSA) is 35.3 Å². The van der Waals surface area contributed by atoms with Gasteiger partial charge in [0, 0.05) is 28.2 Å². The third-order valence-electron chi connectivity index (χ3n) is 2.29.